The van der Waals surface area contributed by atoms with Crippen molar-refractivity contribution in [3.63, 3.8) is 0 Å². The van der Waals surface area contributed by atoms with E-state index in [1.165, 1.54) is 5.39 Å². The maximum Gasteiger partial charge on any atom is 0.185 e. The van der Waals surface area contributed by atoms with E-state index in [1.807, 2.05) is 24.3 Å². The number of carbonyl (C=O) groups is 1. The van der Waals surface area contributed by atoms with Gasteiger partial charge in [-0.05, 0) is 32.8 Å². The van der Waals surface area contributed by atoms with Crippen LogP contribution in [0.1, 0.15) is 10.6 Å². The molecule has 0 radical (unpaired) electrons. The van der Waals surface area contributed by atoms with Gasteiger partial charge in [0.25, 0.3) is 0 Å². The minimum atomic E-state index is 0.324. The van der Waals surface area contributed by atoms with Crippen LogP contribution in [0.4, 0.5) is 0 Å². The number of carbonyl (C=O) groups excluding carboxylic acids is 1. The smallest absolute Gasteiger partial charge is 0.185 e. The van der Waals surface area contributed by atoms with Crippen molar-refractivity contribution in [3.05, 3.63) is 52.9 Å². The quantitative estimate of drug-likeness (QED) is 0.732. The van der Waals surface area contributed by atoms with Crippen LogP contribution in [0.25, 0.3) is 22.0 Å². The van der Waals surface area contributed by atoms with Crippen LogP contribution in [0, 0.1) is 0 Å². The Hall–Kier alpha value is -1.94. The third-order valence-electron chi connectivity index (χ3n) is 2.81. The highest BCUT2D eigenvalue weighted by molar-refractivity contribution is 9.10. The highest BCUT2D eigenvalue weighted by Crippen LogP contribution is 2.28. The molecule has 4 heteroatoms. The average molecular weight is 301 g/mol. The van der Waals surface area contributed by atoms with Gasteiger partial charge >= 0.3 is 0 Å². The Balaban J connectivity index is 2.18. The SMILES string of the molecule is O=Cc1nc(-c2ccc3ccccc3c2)c(Br)[nH]1. The minimum Gasteiger partial charge on any atom is -0.330 e. The number of nitrogens with zero attached hydrogens (tertiary/aromatic N) is 1. The number of fused-ring (bicyclic) bond motifs is 1. The first-order valence-corrected chi connectivity index (χ1v) is 6.27. The van der Waals surface area contributed by atoms with E-state index in [0.717, 1.165) is 21.2 Å². The molecule has 0 aliphatic carbocycles. The number of imidazole rings is 1. The number of nitrogens with one attached hydrogen (secondary N) is 1. The number of rotatable bonds is 2. The van der Waals surface area contributed by atoms with E-state index in [0.29, 0.717) is 12.1 Å². The lowest BCUT2D eigenvalue weighted by atomic mass is 10.1. The third kappa shape index (κ3) is 1.84. The molecular formula is C14H9BrN2O. The predicted molar refractivity (Wildman–Crippen MR) is 74.6 cm³/mol. The van der Waals surface area contributed by atoms with E-state index in [9.17, 15) is 4.79 Å². The minimum absolute atomic E-state index is 0.324. The molecule has 0 aliphatic heterocycles. The lowest BCUT2D eigenvalue weighted by molar-refractivity contribution is 0.111. The molecule has 3 aromatic rings. The zero-order chi connectivity index (χ0) is 12.5. The van der Waals surface area contributed by atoms with Gasteiger partial charge < -0.3 is 4.98 Å². The van der Waals surface area contributed by atoms with Crippen LogP contribution >= 0.6 is 15.9 Å². The molecule has 1 heterocycles. The number of aromatic nitrogens is 2. The highest BCUT2D eigenvalue weighted by Gasteiger charge is 2.09. The van der Waals surface area contributed by atoms with Gasteiger partial charge in [-0.2, -0.15) is 0 Å². The van der Waals surface area contributed by atoms with E-state index in [2.05, 4.69) is 44.1 Å². The fraction of sp³-hybridized carbons (Fsp3) is 0. The first-order valence-electron chi connectivity index (χ1n) is 5.48. The number of benzene rings is 2. The third-order valence-corrected chi connectivity index (χ3v) is 3.39. The van der Waals surface area contributed by atoms with E-state index in [-0.39, 0.29) is 0 Å². The summed E-state index contributed by atoms with van der Waals surface area (Å²) in [6.07, 6.45) is 0.704. The molecule has 0 saturated heterocycles. The highest BCUT2D eigenvalue weighted by atomic mass is 79.9. The molecule has 0 spiro atoms. The maximum atomic E-state index is 10.7. The lowest BCUT2D eigenvalue weighted by Crippen LogP contribution is -1.82. The normalized spacial score (nSPS) is 10.7. The van der Waals surface area contributed by atoms with Gasteiger partial charge in [-0.3, -0.25) is 4.79 Å². The van der Waals surface area contributed by atoms with Crippen molar-refractivity contribution in [1.29, 1.82) is 0 Å². The van der Waals surface area contributed by atoms with Crippen molar-refractivity contribution in [3.8, 4) is 11.3 Å². The van der Waals surface area contributed by atoms with Gasteiger partial charge in [0.1, 0.15) is 10.3 Å². The fourth-order valence-corrected chi connectivity index (χ4v) is 2.47. The number of hydrogen-bond acceptors (Lipinski definition) is 2. The van der Waals surface area contributed by atoms with Crippen LogP contribution in [0.3, 0.4) is 0 Å². The largest absolute Gasteiger partial charge is 0.330 e. The molecule has 0 amide bonds. The molecular weight excluding hydrogens is 292 g/mol. The van der Waals surface area contributed by atoms with Crippen molar-refractivity contribution in [2.24, 2.45) is 0 Å². The Morgan fingerprint density at radius 1 is 1.11 bits per heavy atom. The van der Waals surface area contributed by atoms with E-state index in [1.54, 1.807) is 0 Å². The van der Waals surface area contributed by atoms with Gasteiger partial charge in [-0.1, -0.05) is 36.4 Å². The molecule has 0 unspecified atom stereocenters. The van der Waals surface area contributed by atoms with E-state index < -0.39 is 0 Å². The molecule has 1 aromatic heterocycles. The number of aldehydes is 1. The Morgan fingerprint density at radius 3 is 2.61 bits per heavy atom. The van der Waals surface area contributed by atoms with Gasteiger partial charge in [-0.25, -0.2) is 4.98 Å². The van der Waals surface area contributed by atoms with Crippen LogP contribution in [0.15, 0.2) is 47.1 Å². The molecule has 88 valence electrons. The molecule has 0 saturated carbocycles. The summed E-state index contributed by atoms with van der Waals surface area (Å²) in [5.41, 5.74) is 1.73. The Morgan fingerprint density at radius 2 is 1.89 bits per heavy atom. The summed E-state index contributed by atoms with van der Waals surface area (Å²) in [7, 11) is 0. The van der Waals surface area contributed by atoms with Gasteiger partial charge in [-0.15, -0.1) is 0 Å². The Labute approximate surface area is 112 Å². The number of H-pyrrole nitrogens is 1. The second kappa shape index (κ2) is 4.38. The zero-order valence-electron chi connectivity index (χ0n) is 9.35. The second-order valence-electron chi connectivity index (χ2n) is 3.96. The molecule has 0 atom stereocenters. The monoisotopic (exact) mass is 300 g/mol. The summed E-state index contributed by atoms with van der Waals surface area (Å²) in [6, 6.07) is 14.2. The maximum absolute atomic E-state index is 10.7. The summed E-state index contributed by atoms with van der Waals surface area (Å²) in [6.45, 7) is 0. The molecule has 3 nitrogen and oxygen atoms in total. The number of aromatic amines is 1. The summed E-state index contributed by atoms with van der Waals surface area (Å²) < 4.78 is 0.722. The van der Waals surface area contributed by atoms with Crippen molar-refractivity contribution in [2.75, 3.05) is 0 Å². The number of hydrogen-bond donors (Lipinski definition) is 1. The molecule has 0 fully saturated rings. The molecule has 3 rings (SSSR count). The van der Waals surface area contributed by atoms with Crippen molar-refractivity contribution in [1.82, 2.24) is 9.97 Å². The van der Waals surface area contributed by atoms with Gasteiger partial charge in [0.05, 0.1) is 0 Å². The van der Waals surface area contributed by atoms with Crippen LogP contribution in [-0.4, -0.2) is 16.3 Å². The zero-order valence-corrected chi connectivity index (χ0v) is 10.9. The average Bonchev–Trinajstić information content (AvgIpc) is 2.79. The van der Waals surface area contributed by atoms with Gasteiger partial charge in [0, 0.05) is 5.56 Å². The van der Waals surface area contributed by atoms with E-state index >= 15 is 0 Å². The van der Waals surface area contributed by atoms with Crippen molar-refractivity contribution >= 4 is 33.0 Å². The van der Waals surface area contributed by atoms with Crippen LogP contribution in [0.5, 0.6) is 0 Å². The van der Waals surface area contributed by atoms with Crippen molar-refractivity contribution in [2.45, 2.75) is 0 Å². The van der Waals surface area contributed by atoms with Crippen LogP contribution in [-0.2, 0) is 0 Å². The fourth-order valence-electron chi connectivity index (χ4n) is 1.95. The number of halogens is 1. The summed E-state index contributed by atoms with van der Waals surface area (Å²) in [5.74, 6) is 0.324. The first kappa shape index (κ1) is 11.2. The second-order valence-corrected chi connectivity index (χ2v) is 4.76. The summed E-state index contributed by atoms with van der Waals surface area (Å²) >= 11 is 3.38. The van der Waals surface area contributed by atoms with Gasteiger partial charge in [0.2, 0.25) is 0 Å². The molecule has 2 aromatic carbocycles. The Bertz CT molecular complexity index is 733. The Kier molecular flexibility index (Phi) is 2.72. The predicted octanol–water partition coefficient (Wildman–Crippen LogP) is 3.80. The molecule has 0 aliphatic rings. The summed E-state index contributed by atoms with van der Waals surface area (Å²) in [4.78, 5) is 17.8. The van der Waals surface area contributed by atoms with E-state index in [4.69, 9.17) is 0 Å². The van der Waals surface area contributed by atoms with Gasteiger partial charge in [0.15, 0.2) is 12.1 Å². The first-order chi connectivity index (χ1) is 8.78. The lowest BCUT2D eigenvalue weighted by Gasteiger charge is -2.01. The standard InChI is InChI=1S/C14H9BrN2O/c15-14-13(16-12(8-18)17-14)11-6-5-9-3-1-2-4-10(9)7-11/h1-8H,(H,16,17). The molecule has 1 N–H and O–H groups in total. The molecule has 18 heavy (non-hydrogen) atoms. The topological polar surface area (TPSA) is 45.8 Å². The van der Waals surface area contributed by atoms with Crippen LogP contribution < -0.4 is 0 Å². The van der Waals surface area contributed by atoms with Crippen molar-refractivity contribution < 1.29 is 4.79 Å². The summed E-state index contributed by atoms with van der Waals surface area (Å²) in [5, 5.41) is 2.33. The molecule has 0 bridgehead atoms. The van der Waals surface area contributed by atoms with Crippen LogP contribution in [0.2, 0.25) is 0 Å².